The quantitative estimate of drug-likeness (QED) is 0.198. The van der Waals surface area contributed by atoms with Crippen molar-refractivity contribution in [2.45, 2.75) is 131 Å². The smallest absolute Gasteiger partial charge is 0.337 e. The summed E-state index contributed by atoms with van der Waals surface area (Å²) in [6.45, 7) is 19.6. The van der Waals surface area contributed by atoms with Crippen LogP contribution in [0, 0.1) is 22.2 Å². The first-order valence-corrected chi connectivity index (χ1v) is 18.8. The number of esters is 6. The Hall–Kier alpha value is -4.56. The van der Waals surface area contributed by atoms with Crippen LogP contribution in [0.3, 0.4) is 0 Å². The van der Waals surface area contributed by atoms with Crippen LogP contribution in [-0.2, 0) is 57.2 Å². The number of likely N-dealkylation sites (N-methyl/N-ethyl adjacent to an activating group) is 1. The van der Waals surface area contributed by atoms with Crippen molar-refractivity contribution in [3.63, 3.8) is 0 Å². The Morgan fingerprint density at radius 3 is 1.77 bits per heavy atom. The van der Waals surface area contributed by atoms with Gasteiger partial charge in [-0.1, -0.05) is 64.6 Å². The second-order valence-electron chi connectivity index (χ2n) is 16.5. The lowest BCUT2D eigenvalue weighted by Crippen LogP contribution is -2.70. The summed E-state index contributed by atoms with van der Waals surface area (Å²) in [5, 5.41) is 11.5. The van der Waals surface area contributed by atoms with E-state index < -0.39 is 107 Å². The number of hydrogen-bond donors (Lipinski definition) is 1. The van der Waals surface area contributed by atoms with Gasteiger partial charge in [0.05, 0.1) is 11.5 Å². The van der Waals surface area contributed by atoms with Gasteiger partial charge in [-0.2, -0.15) is 0 Å². The minimum absolute atomic E-state index is 0.112. The summed E-state index contributed by atoms with van der Waals surface area (Å²) in [7, 11) is 3.42. The zero-order chi connectivity index (χ0) is 42.2. The van der Waals surface area contributed by atoms with Crippen molar-refractivity contribution in [1.29, 1.82) is 0 Å². The van der Waals surface area contributed by atoms with E-state index in [1.54, 1.807) is 57.1 Å². The van der Waals surface area contributed by atoms with Crippen molar-refractivity contribution < 1.29 is 62.3 Å². The molecule has 1 N–H and O–H groups in total. The molecule has 11 atom stereocenters. The zero-order valence-corrected chi connectivity index (χ0v) is 34.5. The molecule has 0 spiro atoms. The van der Waals surface area contributed by atoms with E-state index in [1.807, 2.05) is 26.8 Å². The van der Waals surface area contributed by atoms with Gasteiger partial charge in [0.25, 0.3) is 0 Å². The molecule has 3 aliphatic rings. The first-order valence-electron chi connectivity index (χ1n) is 18.8. The summed E-state index contributed by atoms with van der Waals surface area (Å²) in [6.07, 6.45) is -9.14. The van der Waals surface area contributed by atoms with Crippen LogP contribution in [-0.4, -0.2) is 103 Å². The van der Waals surface area contributed by atoms with Crippen molar-refractivity contribution in [1.82, 2.24) is 4.90 Å². The number of ether oxygens (including phenoxy) is 6. The zero-order valence-electron chi connectivity index (χ0n) is 34.5. The molecule has 1 aromatic carbocycles. The molecule has 0 aromatic heterocycles. The van der Waals surface area contributed by atoms with Gasteiger partial charge in [-0.05, 0) is 55.1 Å². The molecule has 2 bridgehead atoms. The lowest BCUT2D eigenvalue weighted by molar-refractivity contribution is -0.242. The van der Waals surface area contributed by atoms with Crippen LogP contribution < -0.4 is 0 Å². The molecule has 0 aliphatic heterocycles. The molecule has 0 radical (unpaired) electrons. The van der Waals surface area contributed by atoms with E-state index in [1.165, 1.54) is 34.6 Å². The van der Waals surface area contributed by atoms with E-state index in [0.29, 0.717) is 16.7 Å². The number of carbonyl (C=O) groups excluding carboxylic acids is 6. The molecule has 308 valence electrons. The van der Waals surface area contributed by atoms with Crippen molar-refractivity contribution in [2.24, 2.45) is 22.2 Å². The molecule has 2 saturated carbocycles. The second-order valence-corrected chi connectivity index (χ2v) is 16.5. The number of rotatable bonds is 10. The van der Waals surface area contributed by atoms with Crippen LogP contribution in [0.25, 0.3) is 0 Å². The maximum Gasteiger partial charge on any atom is 0.337 e. The van der Waals surface area contributed by atoms with Crippen molar-refractivity contribution in [3.8, 4) is 0 Å². The molecule has 11 unspecified atom stereocenters. The molecule has 0 saturated heterocycles. The molecule has 0 heterocycles. The predicted octanol–water partition coefficient (Wildman–Crippen LogP) is 4.57. The van der Waals surface area contributed by atoms with E-state index >= 15 is 0 Å². The standard InChI is InChI=1S/C42H57NO13/c1-21-29(56-39(50)35(49)34(43(12)13)28-17-15-14-16-18-28)19-31(52-24(4)45)42(11)33(21)37(54-26(6)47)41(10)20-30(51-23(3)44)22(2)32(40(41,8)9)36(53-25(5)46)38(42)55-27(7)48/h14-18,29-31,33-38,49H,1,19-20H2,2-13H3. The number of benzene rings is 1. The fourth-order valence-electron chi connectivity index (χ4n) is 9.57. The third-order valence-corrected chi connectivity index (χ3v) is 12.3. The van der Waals surface area contributed by atoms with E-state index in [4.69, 9.17) is 28.4 Å². The number of aliphatic hydroxyl groups is 1. The van der Waals surface area contributed by atoms with Crippen LogP contribution in [0.15, 0.2) is 53.6 Å². The van der Waals surface area contributed by atoms with Crippen molar-refractivity contribution in [2.75, 3.05) is 14.1 Å². The third-order valence-electron chi connectivity index (χ3n) is 12.3. The monoisotopic (exact) mass is 783 g/mol. The van der Waals surface area contributed by atoms with Gasteiger partial charge in [0.1, 0.15) is 24.4 Å². The van der Waals surface area contributed by atoms with Crippen LogP contribution in [0.2, 0.25) is 0 Å². The molecule has 14 heteroatoms. The molecule has 1 aromatic rings. The SMILES string of the molecule is C=C1C(OC(=O)C(O)C(c2ccccc2)N(C)C)CC(OC(C)=O)C2(C)C(OC(C)=O)C(OC(C)=O)C3=C(C)C(OC(C)=O)CC(C)(C(OC(C)=O)C12)C3(C)C. The number of nitrogens with zero attached hydrogens (tertiary/aromatic N) is 1. The average molecular weight is 784 g/mol. The summed E-state index contributed by atoms with van der Waals surface area (Å²) in [5.41, 5.74) is -1.96. The Labute approximate surface area is 328 Å². The maximum absolute atomic E-state index is 14.0. The Balaban J connectivity index is 2.05. The fourth-order valence-corrected chi connectivity index (χ4v) is 9.57. The van der Waals surface area contributed by atoms with Gasteiger partial charge in [0.15, 0.2) is 18.3 Å². The average Bonchev–Trinajstić information content (AvgIpc) is 3.06. The highest BCUT2D eigenvalue weighted by Gasteiger charge is 2.71. The van der Waals surface area contributed by atoms with Gasteiger partial charge in [0, 0.05) is 52.4 Å². The number of fused-ring (bicyclic) bond motifs is 3. The minimum atomic E-state index is -1.68. The van der Waals surface area contributed by atoms with Gasteiger partial charge in [-0.3, -0.25) is 28.9 Å². The Kier molecular flexibility index (Phi) is 13.0. The summed E-state index contributed by atoms with van der Waals surface area (Å²) < 4.78 is 36.7. The summed E-state index contributed by atoms with van der Waals surface area (Å²) in [4.78, 5) is 80.8. The van der Waals surface area contributed by atoms with E-state index in [0.717, 1.165) is 0 Å². The summed E-state index contributed by atoms with van der Waals surface area (Å²) in [6, 6.07) is 8.12. The van der Waals surface area contributed by atoms with Crippen LogP contribution in [0.5, 0.6) is 0 Å². The predicted molar refractivity (Wildman–Crippen MR) is 201 cm³/mol. The molecule has 2 fully saturated rings. The summed E-state index contributed by atoms with van der Waals surface area (Å²) in [5.74, 6) is -5.62. The number of aliphatic hydroxyl groups excluding tert-OH is 1. The molecule has 56 heavy (non-hydrogen) atoms. The normalized spacial score (nSPS) is 32.0. The maximum atomic E-state index is 14.0. The van der Waals surface area contributed by atoms with Crippen LogP contribution >= 0.6 is 0 Å². The second kappa shape index (κ2) is 16.5. The highest BCUT2D eigenvalue weighted by atomic mass is 16.6. The Morgan fingerprint density at radius 1 is 0.750 bits per heavy atom. The van der Waals surface area contributed by atoms with Crippen LogP contribution in [0.4, 0.5) is 0 Å². The molecule has 14 nitrogen and oxygen atoms in total. The van der Waals surface area contributed by atoms with Gasteiger partial charge in [0.2, 0.25) is 0 Å². The van der Waals surface area contributed by atoms with Gasteiger partial charge < -0.3 is 33.5 Å². The molecule has 4 rings (SSSR count). The lowest BCUT2D eigenvalue weighted by Gasteiger charge is -2.64. The molecular weight excluding hydrogens is 726 g/mol. The van der Waals surface area contributed by atoms with Gasteiger partial charge >= 0.3 is 35.8 Å². The van der Waals surface area contributed by atoms with Gasteiger partial charge in [-0.25, -0.2) is 4.79 Å². The molecular formula is C42H57NO13. The Morgan fingerprint density at radius 2 is 1.27 bits per heavy atom. The summed E-state index contributed by atoms with van der Waals surface area (Å²) >= 11 is 0. The number of hydrogen-bond acceptors (Lipinski definition) is 14. The van der Waals surface area contributed by atoms with E-state index in [9.17, 15) is 33.9 Å². The fraction of sp³-hybridized carbons (Fsp3) is 0.619. The first kappa shape index (κ1) is 44.2. The minimum Gasteiger partial charge on any atom is -0.462 e. The van der Waals surface area contributed by atoms with E-state index in [-0.39, 0.29) is 18.4 Å². The van der Waals surface area contributed by atoms with Crippen molar-refractivity contribution >= 4 is 35.8 Å². The Bertz CT molecular complexity index is 1770. The van der Waals surface area contributed by atoms with Crippen molar-refractivity contribution in [3.05, 3.63) is 59.2 Å². The topological polar surface area (TPSA) is 181 Å². The molecule has 3 aliphatic carbocycles. The third kappa shape index (κ3) is 8.13. The largest absolute Gasteiger partial charge is 0.462 e. The van der Waals surface area contributed by atoms with Crippen LogP contribution in [0.1, 0.15) is 93.7 Å². The highest BCUT2D eigenvalue weighted by Crippen LogP contribution is 2.66. The highest BCUT2D eigenvalue weighted by molar-refractivity contribution is 5.76. The molecule has 0 amide bonds. The van der Waals surface area contributed by atoms with Gasteiger partial charge in [-0.15, -0.1) is 0 Å². The van der Waals surface area contributed by atoms with E-state index in [2.05, 4.69) is 6.58 Å². The lowest BCUT2D eigenvalue weighted by atomic mass is 9.43. The first-order chi connectivity index (χ1) is 25.9. The number of carbonyl (C=O) groups is 6.